The summed E-state index contributed by atoms with van der Waals surface area (Å²) in [4.78, 5) is 16.8. The number of hydrogen-bond acceptors (Lipinski definition) is 5. The summed E-state index contributed by atoms with van der Waals surface area (Å²) in [7, 11) is 3.16. The van der Waals surface area contributed by atoms with Crippen LogP contribution in [0.15, 0.2) is 60.8 Å². The molecule has 1 amide bonds. The van der Waals surface area contributed by atoms with E-state index in [1.807, 2.05) is 0 Å². The monoisotopic (exact) mass is 383 g/mol. The van der Waals surface area contributed by atoms with Gasteiger partial charge in [-0.3, -0.25) is 4.79 Å². The summed E-state index contributed by atoms with van der Waals surface area (Å²) in [6.45, 7) is 0. The van der Waals surface area contributed by atoms with Crippen LogP contribution < -0.4 is 20.1 Å². The van der Waals surface area contributed by atoms with Crippen LogP contribution in [0.5, 0.6) is 11.5 Å². The van der Waals surface area contributed by atoms with Crippen molar-refractivity contribution in [2.75, 3.05) is 24.9 Å². The first-order valence-electron chi connectivity index (χ1n) is 8.11. The summed E-state index contributed by atoms with van der Waals surface area (Å²) in [6.07, 6.45) is 1.56. The molecule has 0 unspecified atom stereocenters. The molecule has 0 aliphatic heterocycles. The van der Waals surface area contributed by atoms with Crippen molar-refractivity contribution < 1.29 is 14.3 Å². The summed E-state index contributed by atoms with van der Waals surface area (Å²) in [5, 5.41) is 6.52. The second kappa shape index (κ2) is 8.42. The molecule has 2 aromatic carbocycles. The van der Waals surface area contributed by atoms with Gasteiger partial charge in [0.1, 0.15) is 17.3 Å². The van der Waals surface area contributed by atoms with Gasteiger partial charge in [0.05, 0.1) is 19.9 Å². The van der Waals surface area contributed by atoms with Crippen LogP contribution in [0.4, 0.5) is 17.2 Å². The van der Waals surface area contributed by atoms with Crippen molar-refractivity contribution in [2.24, 2.45) is 0 Å². The number of amides is 1. The highest BCUT2D eigenvalue weighted by atomic mass is 35.5. The number of methoxy groups -OCH3 is 2. The minimum atomic E-state index is -0.247. The Morgan fingerprint density at radius 3 is 2.48 bits per heavy atom. The van der Waals surface area contributed by atoms with E-state index in [-0.39, 0.29) is 5.91 Å². The lowest BCUT2D eigenvalue weighted by Gasteiger charge is -2.12. The lowest BCUT2D eigenvalue weighted by molar-refractivity contribution is 0.102. The van der Waals surface area contributed by atoms with Crippen molar-refractivity contribution in [2.45, 2.75) is 0 Å². The highest BCUT2D eigenvalue weighted by Crippen LogP contribution is 2.30. The van der Waals surface area contributed by atoms with Crippen LogP contribution in [0, 0.1) is 0 Å². The maximum Gasteiger partial charge on any atom is 0.255 e. The fourth-order valence-corrected chi connectivity index (χ4v) is 2.61. The average Bonchev–Trinajstić information content (AvgIpc) is 2.69. The number of aromatic nitrogens is 1. The Morgan fingerprint density at radius 1 is 1.00 bits per heavy atom. The molecule has 7 heteroatoms. The van der Waals surface area contributed by atoms with Gasteiger partial charge < -0.3 is 20.1 Å². The molecule has 0 saturated carbocycles. The van der Waals surface area contributed by atoms with Gasteiger partial charge in [0.2, 0.25) is 0 Å². The first kappa shape index (κ1) is 18.5. The fraction of sp³-hybridized carbons (Fsp3) is 0.100. The molecule has 0 bridgehead atoms. The largest absolute Gasteiger partial charge is 0.497 e. The maximum atomic E-state index is 12.5. The average molecular weight is 384 g/mol. The zero-order valence-corrected chi connectivity index (χ0v) is 15.6. The molecule has 6 nitrogen and oxygen atoms in total. The summed E-state index contributed by atoms with van der Waals surface area (Å²) >= 11 is 6.04. The SMILES string of the molecule is COc1ccc(NC(=O)c2ccnc(Nc3cc(Cl)ccc3OC)c2)cc1. The highest BCUT2D eigenvalue weighted by Gasteiger charge is 2.10. The number of nitrogens with one attached hydrogen (secondary N) is 2. The lowest BCUT2D eigenvalue weighted by Crippen LogP contribution is -2.12. The van der Waals surface area contributed by atoms with Gasteiger partial charge in [0.15, 0.2) is 0 Å². The molecule has 2 N–H and O–H groups in total. The third-order valence-corrected chi connectivity index (χ3v) is 4.03. The van der Waals surface area contributed by atoms with E-state index in [4.69, 9.17) is 21.1 Å². The second-order valence-corrected chi connectivity index (χ2v) is 6.02. The zero-order valence-electron chi connectivity index (χ0n) is 14.8. The van der Waals surface area contributed by atoms with Crippen LogP contribution in [0.2, 0.25) is 5.02 Å². The molecule has 27 heavy (non-hydrogen) atoms. The third kappa shape index (κ3) is 4.68. The molecule has 138 valence electrons. The van der Waals surface area contributed by atoms with Crippen molar-refractivity contribution in [3.05, 3.63) is 71.4 Å². The number of ether oxygens (including phenoxy) is 2. The Balaban J connectivity index is 1.76. The maximum absolute atomic E-state index is 12.5. The topological polar surface area (TPSA) is 72.5 Å². The van der Waals surface area contributed by atoms with Crippen LogP contribution in [0.25, 0.3) is 0 Å². The predicted octanol–water partition coefficient (Wildman–Crippen LogP) is 4.75. The number of pyridine rings is 1. The summed E-state index contributed by atoms with van der Waals surface area (Å²) in [6, 6.07) is 15.6. The summed E-state index contributed by atoms with van der Waals surface area (Å²) < 4.78 is 10.4. The zero-order chi connectivity index (χ0) is 19.2. The molecule has 1 aromatic heterocycles. The van der Waals surface area contributed by atoms with E-state index in [0.717, 1.165) is 5.75 Å². The Hall–Kier alpha value is -3.25. The van der Waals surface area contributed by atoms with E-state index < -0.39 is 0 Å². The predicted molar refractivity (Wildman–Crippen MR) is 106 cm³/mol. The molecular formula is C20H18ClN3O3. The third-order valence-electron chi connectivity index (χ3n) is 3.79. The van der Waals surface area contributed by atoms with Gasteiger partial charge in [-0.15, -0.1) is 0 Å². The molecule has 0 saturated heterocycles. The number of benzene rings is 2. The quantitative estimate of drug-likeness (QED) is 0.642. The van der Waals surface area contributed by atoms with Crippen molar-refractivity contribution in [1.29, 1.82) is 0 Å². The fourth-order valence-electron chi connectivity index (χ4n) is 2.43. The van der Waals surface area contributed by atoms with Crippen molar-refractivity contribution in [1.82, 2.24) is 4.98 Å². The molecule has 0 atom stereocenters. The molecule has 1 heterocycles. The van der Waals surface area contributed by atoms with Crippen LogP contribution in [-0.4, -0.2) is 25.1 Å². The van der Waals surface area contributed by atoms with Gasteiger partial charge in [-0.2, -0.15) is 0 Å². The first-order chi connectivity index (χ1) is 13.1. The summed E-state index contributed by atoms with van der Waals surface area (Å²) in [5.74, 6) is 1.59. The Bertz CT molecular complexity index is 945. The Morgan fingerprint density at radius 2 is 1.78 bits per heavy atom. The molecule has 3 rings (SSSR count). The summed E-state index contributed by atoms with van der Waals surface area (Å²) in [5.41, 5.74) is 1.79. The number of rotatable bonds is 6. The van der Waals surface area contributed by atoms with Crippen LogP contribution in [0.1, 0.15) is 10.4 Å². The van der Waals surface area contributed by atoms with Gasteiger partial charge in [0.25, 0.3) is 5.91 Å². The van der Waals surface area contributed by atoms with Crippen LogP contribution in [0.3, 0.4) is 0 Å². The van der Waals surface area contributed by atoms with E-state index in [0.29, 0.717) is 33.5 Å². The standard InChI is InChI=1S/C20H18ClN3O3/c1-26-16-6-4-15(5-7-16)23-20(25)13-9-10-22-19(11-13)24-17-12-14(21)3-8-18(17)27-2/h3-12H,1-2H3,(H,22,24)(H,23,25). The van der Waals surface area contributed by atoms with E-state index >= 15 is 0 Å². The van der Waals surface area contributed by atoms with Gasteiger partial charge in [0, 0.05) is 22.5 Å². The minimum Gasteiger partial charge on any atom is -0.497 e. The molecular weight excluding hydrogens is 366 g/mol. The number of carbonyl (C=O) groups is 1. The van der Waals surface area contributed by atoms with Gasteiger partial charge >= 0.3 is 0 Å². The number of carbonyl (C=O) groups excluding carboxylic acids is 1. The molecule has 0 radical (unpaired) electrons. The van der Waals surface area contributed by atoms with Crippen molar-refractivity contribution >= 4 is 34.7 Å². The minimum absolute atomic E-state index is 0.247. The molecule has 3 aromatic rings. The molecule has 0 spiro atoms. The van der Waals surface area contributed by atoms with Gasteiger partial charge in [-0.05, 0) is 54.6 Å². The number of anilines is 3. The van der Waals surface area contributed by atoms with E-state index in [1.165, 1.54) is 0 Å². The van der Waals surface area contributed by atoms with E-state index in [1.54, 1.807) is 75.0 Å². The van der Waals surface area contributed by atoms with Gasteiger partial charge in [-0.25, -0.2) is 4.98 Å². The Kier molecular flexibility index (Phi) is 5.78. The molecule has 0 aliphatic carbocycles. The van der Waals surface area contributed by atoms with E-state index in [2.05, 4.69) is 15.6 Å². The lowest BCUT2D eigenvalue weighted by atomic mass is 10.2. The number of hydrogen-bond donors (Lipinski definition) is 2. The van der Waals surface area contributed by atoms with Crippen LogP contribution >= 0.6 is 11.6 Å². The Labute approximate surface area is 162 Å². The van der Waals surface area contributed by atoms with Crippen molar-refractivity contribution in [3.8, 4) is 11.5 Å². The molecule has 0 aliphatic rings. The second-order valence-electron chi connectivity index (χ2n) is 5.58. The van der Waals surface area contributed by atoms with Gasteiger partial charge in [-0.1, -0.05) is 11.6 Å². The van der Waals surface area contributed by atoms with E-state index in [9.17, 15) is 4.79 Å². The number of halogens is 1. The number of nitrogens with zero attached hydrogens (tertiary/aromatic N) is 1. The van der Waals surface area contributed by atoms with Crippen molar-refractivity contribution in [3.63, 3.8) is 0 Å². The highest BCUT2D eigenvalue weighted by molar-refractivity contribution is 6.31. The normalized spacial score (nSPS) is 10.2. The van der Waals surface area contributed by atoms with Crippen LogP contribution in [-0.2, 0) is 0 Å². The smallest absolute Gasteiger partial charge is 0.255 e. The molecule has 0 fully saturated rings. The first-order valence-corrected chi connectivity index (χ1v) is 8.49.